The van der Waals surface area contributed by atoms with Crippen LogP contribution < -0.4 is 14.6 Å². The molecule has 0 aliphatic carbocycles. The van der Waals surface area contributed by atoms with Crippen LogP contribution in [-0.4, -0.2) is 20.7 Å². The van der Waals surface area contributed by atoms with Crippen molar-refractivity contribution in [3.8, 4) is 22.6 Å². The van der Waals surface area contributed by atoms with Crippen LogP contribution in [0.15, 0.2) is 35.2 Å². The number of esters is 1. The molecule has 152 valence electrons. The van der Waals surface area contributed by atoms with Gasteiger partial charge in [-0.2, -0.15) is 0 Å². The van der Waals surface area contributed by atoms with Crippen LogP contribution in [-0.2, 0) is 14.8 Å². The summed E-state index contributed by atoms with van der Waals surface area (Å²) in [6, 6.07) is 5.18. The second-order valence-corrected chi connectivity index (χ2v) is 7.66. The van der Waals surface area contributed by atoms with Gasteiger partial charge < -0.3 is 9.47 Å². The van der Waals surface area contributed by atoms with E-state index in [0.29, 0.717) is 0 Å². The number of carbonyl (C=O) groups excluding carboxylic acids is 1. The third-order valence-corrected chi connectivity index (χ3v) is 5.00. The minimum atomic E-state index is -5.11. The van der Waals surface area contributed by atoms with Gasteiger partial charge in [-0.05, 0) is 29.8 Å². The normalized spacial score (nSPS) is 12.0. The summed E-state index contributed by atoms with van der Waals surface area (Å²) in [6.45, 7) is 1.41. The highest BCUT2D eigenvalue weighted by atomic mass is 35.5. The third-order valence-electron chi connectivity index (χ3n) is 3.33. The molecule has 0 aromatic heterocycles. The van der Waals surface area contributed by atoms with Crippen molar-refractivity contribution < 1.29 is 35.9 Å². The molecular weight excluding hydrogens is 446 g/mol. The van der Waals surface area contributed by atoms with Gasteiger partial charge in [0.15, 0.2) is 5.75 Å². The predicted molar refractivity (Wildman–Crippen MR) is 95.9 cm³/mol. The standard InChI is InChI=1S/C16H12Cl2F3NO5S/c1-2-13(23)26-15-12(28(22,24)25)6-5-11(27-16(19,20)21)14(15)8-3-4-9(17)10(18)7-8/h3-7H,2H2,1H3,(H2,22,24,25). The van der Waals surface area contributed by atoms with Gasteiger partial charge in [0, 0.05) is 6.42 Å². The van der Waals surface area contributed by atoms with E-state index in [-0.39, 0.29) is 22.0 Å². The summed E-state index contributed by atoms with van der Waals surface area (Å²) in [5.74, 6) is -2.44. The molecule has 0 bridgehead atoms. The van der Waals surface area contributed by atoms with Gasteiger partial charge in [-0.25, -0.2) is 13.6 Å². The van der Waals surface area contributed by atoms with Crippen LogP contribution in [0, 0.1) is 0 Å². The molecule has 0 saturated carbocycles. The smallest absolute Gasteiger partial charge is 0.424 e. The average Bonchev–Trinajstić information content (AvgIpc) is 2.55. The third kappa shape index (κ3) is 5.28. The van der Waals surface area contributed by atoms with E-state index in [1.165, 1.54) is 25.1 Å². The van der Waals surface area contributed by atoms with E-state index in [1.807, 2.05) is 0 Å². The van der Waals surface area contributed by atoms with Crippen LogP contribution in [0.4, 0.5) is 13.2 Å². The van der Waals surface area contributed by atoms with Gasteiger partial charge in [-0.15, -0.1) is 13.2 Å². The SMILES string of the molecule is CCC(=O)Oc1c(S(N)(=O)=O)ccc(OC(F)(F)F)c1-c1ccc(Cl)c(Cl)c1. The Balaban J connectivity index is 2.90. The first-order valence-corrected chi connectivity index (χ1v) is 9.75. The maximum Gasteiger partial charge on any atom is 0.573 e. The first-order chi connectivity index (χ1) is 12.8. The van der Waals surface area contributed by atoms with E-state index in [4.69, 9.17) is 33.1 Å². The number of benzene rings is 2. The number of carbonyl (C=O) groups is 1. The van der Waals surface area contributed by atoms with Crippen LogP contribution in [0.2, 0.25) is 10.0 Å². The number of primary sulfonamides is 1. The first-order valence-electron chi connectivity index (χ1n) is 7.45. The first kappa shape index (κ1) is 22.3. The molecule has 0 saturated heterocycles. The highest BCUT2D eigenvalue weighted by molar-refractivity contribution is 7.89. The summed E-state index contributed by atoms with van der Waals surface area (Å²) in [5, 5.41) is 5.18. The van der Waals surface area contributed by atoms with Crippen molar-refractivity contribution in [3.63, 3.8) is 0 Å². The van der Waals surface area contributed by atoms with Gasteiger partial charge in [0.1, 0.15) is 10.6 Å². The number of sulfonamides is 1. The van der Waals surface area contributed by atoms with E-state index >= 15 is 0 Å². The summed E-state index contributed by atoms with van der Waals surface area (Å²) >= 11 is 11.7. The topological polar surface area (TPSA) is 95.7 Å². The molecule has 2 rings (SSSR count). The van der Waals surface area contributed by atoms with Gasteiger partial charge in [-0.3, -0.25) is 4.79 Å². The Morgan fingerprint density at radius 3 is 2.29 bits per heavy atom. The minimum absolute atomic E-state index is 0.0362. The number of alkyl halides is 3. The summed E-state index contributed by atoms with van der Waals surface area (Å²) in [5.41, 5.74) is -0.526. The summed E-state index contributed by atoms with van der Waals surface area (Å²) in [7, 11) is -4.47. The number of ether oxygens (including phenoxy) is 2. The molecule has 6 nitrogen and oxygen atoms in total. The Kier molecular flexibility index (Phi) is 6.49. The van der Waals surface area contributed by atoms with Crippen molar-refractivity contribution >= 4 is 39.2 Å². The number of rotatable bonds is 5. The van der Waals surface area contributed by atoms with Crippen molar-refractivity contribution in [2.45, 2.75) is 24.6 Å². The van der Waals surface area contributed by atoms with Crippen molar-refractivity contribution in [3.05, 3.63) is 40.4 Å². The number of hydrogen-bond donors (Lipinski definition) is 1. The minimum Gasteiger partial charge on any atom is -0.424 e. The molecule has 0 amide bonds. The van der Waals surface area contributed by atoms with E-state index in [1.54, 1.807) is 0 Å². The molecule has 0 spiro atoms. The Morgan fingerprint density at radius 1 is 1.14 bits per heavy atom. The summed E-state index contributed by atoms with van der Waals surface area (Å²) in [4.78, 5) is 11.1. The van der Waals surface area contributed by atoms with E-state index in [9.17, 15) is 26.4 Å². The van der Waals surface area contributed by atoms with Crippen LogP contribution in [0.25, 0.3) is 11.1 Å². The monoisotopic (exact) mass is 457 g/mol. The second kappa shape index (κ2) is 8.16. The fourth-order valence-corrected chi connectivity index (χ4v) is 3.15. The maximum atomic E-state index is 12.9. The molecule has 28 heavy (non-hydrogen) atoms. The number of hydrogen-bond acceptors (Lipinski definition) is 5. The lowest BCUT2D eigenvalue weighted by Gasteiger charge is -2.19. The van der Waals surface area contributed by atoms with Crippen molar-refractivity contribution in [1.29, 1.82) is 0 Å². The van der Waals surface area contributed by atoms with E-state index in [2.05, 4.69) is 4.74 Å². The lowest BCUT2D eigenvalue weighted by molar-refractivity contribution is -0.274. The molecule has 0 heterocycles. The molecule has 0 aliphatic rings. The van der Waals surface area contributed by atoms with Crippen molar-refractivity contribution in [1.82, 2.24) is 0 Å². The zero-order valence-corrected chi connectivity index (χ0v) is 16.3. The molecule has 0 fully saturated rings. The average molecular weight is 458 g/mol. The van der Waals surface area contributed by atoms with Crippen LogP contribution in [0.5, 0.6) is 11.5 Å². The van der Waals surface area contributed by atoms with Gasteiger partial charge in [0.2, 0.25) is 10.0 Å². The molecule has 0 radical (unpaired) electrons. The lowest BCUT2D eigenvalue weighted by atomic mass is 10.0. The molecule has 2 N–H and O–H groups in total. The number of nitrogens with two attached hydrogens (primary N) is 1. The molecule has 2 aromatic carbocycles. The zero-order valence-electron chi connectivity index (χ0n) is 14.0. The van der Waals surface area contributed by atoms with Gasteiger partial charge in [-0.1, -0.05) is 36.2 Å². The van der Waals surface area contributed by atoms with Gasteiger partial charge in [0.05, 0.1) is 15.6 Å². The Hall–Kier alpha value is -2.01. The van der Waals surface area contributed by atoms with Gasteiger partial charge >= 0.3 is 12.3 Å². The highest BCUT2D eigenvalue weighted by Gasteiger charge is 2.35. The predicted octanol–water partition coefficient (Wildman–Crippen LogP) is 4.52. The molecule has 0 unspecified atom stereocenters. The quantitative estimate of drug-likeness (QED) is 0.525. The molecular formula is C16H12Cl2F3NO5S. The van der Waals surface area contributed by atoms with Crippen molar-refractivity contribution in [2.24, 2.45) is 5.14 Å². The Bertz CT molecular complexity index is 1030. The lowest BCUT2D eigenvalue weighted by Crippen LogP contribution is -2.20. The molecule has 2 aromatic rings. The largest absolute Gasteiger partial charge is 0.573 e. The highest BCUT2D eigenvalue weighted by Crippen LogP contribution is 2.45. The maximum absolute atomic E-state index is 12.9. The van der Waals surface area contributed by atoms with Crippen LogP contribution >= 0.6 is 23.2 Å². The Labute approximate surface area is 168 Å². The van der Waals surface area contributed by atoms with Crippen LogP contribution in [0.1, 0.15) is 13.3 Å². The van der Waals surface area contributed by atoms with Crippen LogP contribution in [0.3, 0.4) is 0 Å². The second-order valence-electron chi connectivity index (χ2n) is 5.32. The fourth-order valence-electron chi connectivity index (χ4n) is 2.19. The number of halogens is 5. The summed E-state index contributed by atoms with van der Waals surface area (Å²) < 4.78 is 71.4. The zero-order chi connectivity index (χ0) is 21.3. The van der Waals surface area contributed by atoms with Gasteiger partial charge in [0.25, 0.3) is 0 Å². The van der Waals surface area contributed by atoms with E-state index in [0.717, 1.165) is 12.1 Å². The Morgan fingerprint density at radius 2 is 1.79 bits per heavy atom. The van der Waals surface area contributed by atoms with E-state index < -0.39 is 44.3 Å². The molecule has 0 atom stereocenters. The summed E-state index contributed by atoms with van der Waals surface area (Å²) in [6.07, 6.45) is -5.30. The molecule has 12 heteroatoms. The van der Waals surface area contributed by atoms with Crippen molar-refractivity contribution in [2.75, 3.05) is 0 Å². The molecule has 0 aliphatic heterocycles. The fraction of sp³-hybridized carbons (Fsp3) is 0.188.